The van der Waals surface area contributed by atoms with Gasteiger partial charge >= 0.3 is 0 Å². The molecular weight excluding hydrogens is 248 g/mol. The molecular formula is C13H21ClN4. The Morgan fingerprint density at radius 2 is 2.06 bits per heavy atom. The monoisotopic (exact) mass is 268 g/mol. The van der Waals surface area contributed by atoms with Gasteiger partial charge in [-0.3, -0.25) is 0 Å². The Hall–Kier alpha value is -1.03. The number of anilines is 2. The number of nitrogens with zero attached hydrogens (tertiary/aromatic N) is 3. The highest BCUT2D eigenvalue weighted by molar-refractivity contribution is 6.28. The van der Waals surface area contributed by atoms with Gasteiger partial charge in [-0.25, -0.2) is 4.98 Å². The number of halogens is 1. The summed E-state index contributed by atoms with van der Waals surface area (Å²) in [5.74, 6) is 1.49. The van der Waals surface area contributed by atoms with Crippen LogP contribution in [0, 0.1) is 12.8 Å². The maximum atomic E-state index is 6.10. The molecule has 0 bridgehead atoms. The van der Waals surface area contributed by atoms with Crippen LogP contribution in [0.3, 0.4) is 0 Å². The number of aryl methyl sites for hydroxylation is 1. The van der Waals surface area contributed by atoms with E-state index in [1.165, 1.54) is 12.8 Å². The van der Waals surface area contributed by atoms with Crippen molar-refractivity contribution in [2.45, 2.75) is 46.1 Å². The Morgan fingerprint density at radius 3 is 2.61 bits per heavy atom. The summed E-state index contributed by atoms with van der Waals surface area (Å²) < 4.78 is 0. The fourth-order valence-electron chi connectivity index (χ4n) is 2.00. The van der Waals surface area contributed by atoms with E-state index < -0.39 is 0 Å². The lowest BCUT2D eigenvalue weighted by molar-refractivity contribution is 0.568. The van der Waals surface area contributed by atoms with E-state index in [9.17, 15) is 0 Å². The number of nitrogens with two attached hydrogens (primary N) is 1. The summed E-state index contributed by atoms with van der Waals surface area (Å²) in [6.07, 6.45) is 3.58. The van der Waals surface area contributed by atoms with Crippen molar-refractivity contribution in [3.63, 3.8) is 0 Å². The highest BCUT2D eigenvalue weighted by atomic mass is 35.5. The summed E-state index contributed by atoms with van der Waals surface area (Å²) in [5.41, 5.74) is 7.53. The molecule has 0 spiro atoms. The van der Waals surface area contributed by atoms with Crippen molar-refractivity contribution in [1.82, 2.24) is 9.97 Å². The Bertz CT molecular complexity index is 429. The number of hydrogen-bond acceptors (Lipinski definition) is 4. The third-order valence-electron chi connectivity index (χ3n) is 3.30. The van der Waals surface area contributed by atoms with E-state index in [1.54, 1.807) is 0 Å². The van der Waals surface area contributed by atoms with Gasteiger partial charge in [-0.1, -0.05) is 13.8 Å². The van der Waals surface area contributed by atoms with Crippen LogP contribution >= 0.6 is 11.6 Å². The fourth-order valence-corrected chi connectivity index (χ4v) is 2.20. The summed E-state index contributed by atoms with van der Waals surface area (Å²) in [4.78, 5) is 10.7. The minimum Gasteiger partial charge on any atom is -0.394 e. The molecule has 0 radical (unpaired) electrons. The SMILES string of the molecule is Cc1nc(Cl)nc(N(CCC(C)C)C2CC2)c1N. The van der Waals surface area contributed by atoms with E-state index in [-0.39, 0.29) is 5.28 Å². The predicted molar refractivity (Wildman–Crippen MR) is 76.0 cm³/mol. The molecule has 1 aliphatic rings. The van der Waals surface area contributed by atoms with Crippen LogP contribution in [0.25, 0.3) is 0 Å². The third kappa shape index (κ3) is 3.05. The summed E-state index contributed by atoms with van der Waals surface area (Å²) in [7, 11) is 0. The van der Waals surface area contributed by atoms with Crippen molar-refractivity contribution >= 4 is 23.1 Å². The molecule has 2 N–H and O–H groups in total. The van der Waals surface area contributed by atoms with Crippen molar-refractivity contribution < 1.29 is 0 Å². The Labute approximate surface area is 114 Å². The number of hydrogen-bond donors (Lipinski definition) is 1. The Kier molecular flexibility index (Phi) is 3.95. The van der Waals surface area contributed by atoms with Crippen LogP contribution in [0.4, 0.5) is 11.5 Å². The molecule has 0 unspecified atom stereocenters. The van der Waals surface area contributed by atoms with Crippen LogP contribution in [0.2, 0.25) is 5.28 Å². The van der Waals surface area contributed by atoms with Crippen LogP contribution in [-0.2, 0) is 0 Å². The molecule has 1 fully saturated rings. The van der Waals surface area contributed by atoms with Crippen LogP contribution in [-0.4, -0.2) is 22.6 Å². The number of aromatic nitrogens is 2. The van der Waals surface area contributed by atoms with Gasteiger partial charge in [-0.05, 0) is 43.7 Å². The fraction of sp³-hybridized carbons (Fsp3) is 0.692. The van der Waals surface area contributed by atoms with E-state index in [0.29, 0.717) is 17.6 Å². The maximum absolute atomic E-state index is 6.10. The first-order valence-corrected chi connectivity index (χ1v) is 6.93. The summed E-state index contributed by atoms with van der Waals surface area (Å²) in [6, 6.07) is 0.580. The van der Waals surface area contributed by atoms with Crippen molar-refractivity contribution in [2.24, 2.45) is 5.92 Å². The molecule has 0 atom stereocenters. The van der Waals surface area contributed by atoms with Gasteiger partial charge in [0.25, 0.3) is 0 Å². The molecule has 4 nitrogen and oxygen atoms in total. The van der Waals surface area contributed by atoms with Crippen LogP contribution < -0.4 is 10.6 Å². The molecule has 0 amide bonds. The van der Waals surface area contributed by atoms with Crippen molar-refractivity contribution in [2.75, 3.05) is 17.2 Å². The highest BCUT2D eigenvalue weighted by Gasteiger charge is 2.31. The van der Waals surface area contributed by atoms with Gasteiger partial charge in [0.05, 0.1) is 11.4 Å². The molecule has 5 heteroatoms. The van der Waals surface area contributed by atoms with Crippen LogP contribution in [0.1, 0.15) is 38.8 Å². The molecule has 0 aliphatic heterocycles. The van der Waals surface area contributed by atoms with Gasteiger partial charge < -0.3 is 10.6 Å². The zero-order valence-corrected chi connectivity index (χ0v) is 12.0. The Balaban J connectivity index is 2.24. The summed E-state index contributed by atoms with van der Waals surface area (Å²) >= 11 is 5.95. The predicted octanol–water partition coefficient (Wildman–Crippen LogP) is 3.04. The summed E-state index contributed by atoms with van der Waals surface area (Å²) in [6.45, 7) is 7.32. The maximum Gasteiger partial charge on any atom is 0.224 e. The normalized spacial score (nSPS) is 15.2. The Morgan fingerprint density at radius 1 is 1.39 bits per heavy atom. The lowest BCUT2D eigenvalue weighted by Gasteiger charge is -2.26. The second-order valence-electron chi connectivity index (χ2n) is 5.42. The molecule has 1 aromatic rings. The first-order chi connectivity index (χ1) is 8.49. The molecule has 0 saturated heterocycles. The quantitative estimate of drug-likeness (QED) is 0.834. The van der Waals surface area contributed by atoms with Gasteiger partial charge in [-0.15, -0.1) is 0 Å². The zero-order chi connectivity index (χ0) is 13.3. The highest BCUT2D eigenvalue weighted by Crippen LogP contribution is 2.35. The van der Waals surface area contributed by atoms with Gasteiger partial charge in [0.15, 0.2) is 5.82 Å². The van der Waals surface area contributed by atoms with Gasteiger partial charge in [0, 0.05) is 12.6 Å². The lowest BCUT2D eigenvalue weighted by Crippen LogP contribution is -2.30. The standard InChI is InChI=1S/C13H21ClN4/c1-8(2)6-7-18(10-4-5-10)12-11(15)9(3)16-13(14)17-12/h8,10H,4-7,15H2,1-3H3. The molecule has 1 aliphatic carbocycles. The third-order valence-corrected chi connectivity index (χ3v) is 3.46. The summed E-state index contributed by atoms with van der Waals surface area (Å²) in [5, 5.41) is 0.284. The molecule has 1 heterocycles. The number of rotatable bonds is 5. The van der Waals surface area contributed by atoms with Crippen LogP contribution in [0.15, 0.2) is 0 Å². The van der Waals surface area contributed by atoms with E-state index in [1.807, 2.05) is 6.92 Å². The van der Waals surface area contributed by atoms with Crippen LogP contribution in [0.5, 0.6) is 0 Å². The molecule has 100 valence electrons. The average Bonchev–Trinajstić information content (AvgIpc) is 3.08. The van der Waals surface area contributed by atoms with E-state index >= 15 is 0 Å². The van der Waals surface area contributed by atoms with Crippen molar-refractivity contribution in [3.8, 4) is 0 Å². The first-order valence-electron chi connectivity index (χ1n) is 6.55. The second kappa shape index (κ2) is 5.31. The molecule has 2 rings (SSSR count). The van der Waals surface area contributed by atoms with Gasteiger partial charge in [0.2, 0.25) is 5.28 Å². The van der Waals surface area contributed by atoms with E-state index in [0.717, 1.165) is 24.5 Å². The molecule has 18 heavy (non-hydrogen) atoms. The molecule has 1 saturated carbocycles. The minimum absolute atomic E-state index is 0.284. The second-order valence-corrected chi connectivity index (χ2v) is 5.76. The van der Waals surface area contributed by atoms with Gasteiger partial charge in [0.1, 0.15) is 0 Å². The molecule has 1 aromatic heterocycles. The van der Waals surface area contributed by atoms with Crippen molar-refractivity contribution in [1.29, 1.82) is 0 Å². The largest absolute Gasteiger partial charge is 0.394 e. The average molecular weight is 269 g/mol. The van der Waals surface area contributed by atoms with E-state index in [4.69, 9.17) is 17.3 Å². The molecule has 0 aromatic carbocycles. The lowest BCUT2D eigenvalue weighted by atomic mass is 10.1. The minimum atomic E-state index is 0.284. The van der Waals surface area contributed by atoms with E-state index in [2.05, 4.69) is 28.7 Å². The topological polar surface area (TPSA) is 55.0 Å². The van der Waals surface area contributed by atoms with Crippen molar-refractivity contribution in [3.05, 3.63) is 11.0 Å². The zero-order valence-electron chi connectivity index (χ0n) is 11.3. The first kappa shape index (κ1) is 13.4. The smallest absolute Gasteiger partial charge is 0.224 e. The van der Waals surface area contributed by atoms with Gasteiger partial charge in [-0.2, -0.15) is 4.98 Å². The number of nitrogen functional groups attached to an aromatic ring is 1.